The van der Waals surface area contributed by atoms with Crippen LogP contribution in [0, 0.1) is 6.92 Å². The summed E-state index contributed by atoms with van der Waals surface area (Å²) in [6, 6.07) is 15.1. The third-order valence-electron chi connectivity index (χ3n) is 5.10. The number of benzene rings is 2. The molecule has 0 aliphatic carbocycles. The lowest BCUT2D eigenvalue weighted by atomic mass is 10.2. The summed E-state index contributed by atoms with van der Waals surface area (Å²) in [5.41, 5.74) is 2.72. The Morgan fingerprint density at radius 1 is 1.12 bits per heavy atom. The summed E-state index contributed by atoms with van der Waals surface area (Å²) in [4.78, 5) is 26.4. The van der Waals surface area contributed by atoms with Crippen molar-refractivity contribution >= 4 is 29.3 Å². The molecule has 1 aliphatic heterocycles. The van der Waals surface area contributed by atoms with Crippen LogP contribution in [0.3, 0.4) is 0 Å². The number of nitrogens with zero attached hydrogens (tertiary/aromatic N) is 4. The van der Waals surface area contributed by atoms with Crippen molar-refractivity contribution in [1.82, 2.24) is 19.7 Å². The fourth-order valence-corrected chi connectivity index (χ4v) is 4.13. The van der Waals surface area contributed by atoms with E-state index in [1.807, 2.05) is 40.7 Å². The van der Waals surface area contributed by atoms with Crippen LogP contribution in [0.5, 0.6) is 5.75 Å². The Balaban J connectivity index is 1.29. The molecule has 1 aliphatic rings. The van der Waals surface area contributed by atoms with Crippen molar-refractivity contribution in [2.45, 2.75) is 24.9 Å². The molecule has 0 atom stereocenters. The van der Waals surface area contributed by atoms with Crippen molar-refractivity contribution in [1.29, 1.82) is 0 Å². The van der Waals surface area contributed by atoms with Crippen molar-refractivity contribution in [2.75, 3.05) is 30.8 Å². The first-order valence-corrected chi connectivity index (χ1v) is 11.5. The van der Waals surface area contributed by atoms with Gasteiger partial charge in [0.15, 0.2) is 11.8 Å². The van der Waals surface area contributed by atoms with Crippen LogP contribution in [-0.4, -0.2) is 56.9 Å². The molecule has 9 heteroatoms. The van der Waals surface area contributed by atoms with Gasteiger partial charge in [-0.05, 0) is 44.0 Å². The maximum atomic E-state index is 12.5. The van der Waals surface area contributed by atoms with Gasteiger partial charge >= 0.3 is 0 Å². The van der Waals surface area contributed by atoms with E-state index in [4.69, 9.17) is 4.74 Å². The number of amides is 2. The Kier molecular flexibility index (Phi) is 7.06. The molecule has 1 saturated heterocycles. The Hall–Kier alpha value is -3.33. The number of rotatable bonds is 8. The molecule has 0 saturated carbocycles. The summed E-state index contributed by atoms with van der Waals surface area (Å²) >= 11 is 1.31. The van der Waals surface area contributed by atoms with E-state index < -0.39 is 0 Å². The first kappa shape index (κ1) is 21.9. The van der Waals surface area contributed by atoms with E-state index in [0.29, 0.717) is 16.6 Å². The van der Waals surface area contributed by atoms with Crippen LogP contribution in [0.4, 0.5) is 5.69 Å². The fourth-order valence-electron chi connectivity index (χ4n) is 3.40. The second-order valence-corrected chi connectivity index (χ2v) is 8.50. The molecule has 2 heterocycles. The van der Waals surface area contributed by atoms with Crippen molar-refractivity contribution in [3.8, 4) is 11.4 Å². The number of nitrogens with one attached hydrogen (secondary N) is 1. The Labute approximate surface area is 191 Å². The standard InChI is InChI=1S/C23H25N5O3S/c1-17-7-9-19(10-8-17)28-16-24-26-23(28)32-15-21(29)25-18-5-4-6-20(13-18)31-14-22(30)27-11-2-3-12-27/h4-10,13,16H,2-3,11-12,14-15H2,1H3,(H,25,29). The van der Waals surface area contributed by atoms with E-state index >= 15 is 0 Å². The van der Waals surface area contributed by atoms with Gasteiger partial charge in [-0.3, -0.25) is 14.2 Å². The summed E-state index contributed by atoms with van der Waals surface area (Å²) in [5.74, 6) is 0.551. The number of thioether (sulfide) groups is 1. The van der Waals surface area contributed by atoms with Crippen LogP contribution in [0.15, 0.2) is 60.0 Å². The third-order valence-corrected chi connectivity index (χ3v) is 6.04. The smallest absolute Gasteiger partial charge is 0.260 e. The van der Waals surface area contributed by atoms with Gasteiger partial charge in [0, 0.05) is 30.5 Å². The molecule has 1 fully saturated rings. The number of carbonyl (C=O) groups excluding carboxylic acids is 2. The maximum Gasteiger partial charge on any atom is 0.260 e. The molecule has 8 nitrogen and oxygen atoms in total. The number of ether oxygens (including phenoxy) is 1. The molecule has 2 amide bonds. The molecule has 1 aromatic heterocycles. The number of anilines is 1. The quantitative estimate of drug-likeness (QED) is 0.529. The van der Waals surface area contributed by atoms with Crippen LogP contribution < -0.4 is 10.1 Å². The average Bonchev–Trinajstić information content (AvgIpc) is 3.49. The van der Waals surface area contributed by atoms with Crippen LogP contribution in [0.1, 0.15) is 18.4 Å². The lowest BCUT2D eigenvalue weighted by molar-refractivity contribution is -0.132. The van der Waals surface area contributed by atoms with E-state index in [1.165, 1.54) is 17.3 Å². The Bertz CT molecular complexity index is 1080. The summed E-state index contributed by atoms with van der Waals surface area (Å²) in [5, 5.41) is 11.6. The van der Waals surface area contributed by atoms with Crippen molar-refractivity contribution < 1.29 is 14.3 Å². The minimum absolute atomic E-state index is 0.00191. The van der Waals surface area contributed by atoms with Crippen LogP contribution >= 0.6 is 11.8 Å². The highest BCUT2D eigenvalue weighted by Crippen LogP contribution is 2.21. The van der Waals surface area contributed by atoms with Gasteiger partial charge in [-0.2, -0.15) is 0 Å². The molecule has 0 spiro atoms. The fraction of sp³-hybridized carbons (Fsp3) is 0.304. The van der Waals surface area contributed by atoms with E-state index in [0.717, 1.165) is 31.6 Å². The summed E-state index contributed by atoms with van der Waals surface area (Å²) < 4.78 is 7.48. The number of carbonyl (C=O) groups is 2. The van der Waals surface area contributed by atoms with Crippen LogP contribution in [-0.2, 0) is 9.59 Å². The Morgan fingerprint density at radius 2 is 1.91 bits per heavy atom. The third kappa shape index (κ3) is 5.67. The minimum Gasteiger partial charge on any atom is -0.484 e. The summed E-state index contributed by atoms with van der Waals surface area (Å²) in [6.07, 6.45) is 3.73. The lowest BCUT2D eigenvalue weighted by Crippen LogP contribution is -2.32. The van der Waals surface area contributed by atoms with Gasteiger partial charge in [0.05, 0.1) is 5.75 Å². The number of likely N-dealkylation sites (tertiary alicyclic amines) is 1. The van der Waals surface area contributed by atoms with Gasteiger partial charge in [-0.15, -0.1) is 10.2 Å². The molecular formula is C23H25N5O3S. The Morgan fingerprint density at radius 3 is 2.69 bits per heavy atom. The first-order valence-electron chi connectivity index (χ1n) is 10.5. The molecular weight excluding hydrogens is 426 g/mol. The molecule has 2 aromatic carbocycles. The molecule has 0 bridgehead atoms. The topological polar surface area (TPSA) is 89.4 Å². The monoisotopic (exact) mass is 451 g/mol. The molecule has 0 radical (unpaired) electrons. The van der Waals surface area contributed by atoms with E-state index in [-0.39, 0.29) is 24.2 Å². The van der Waals surface area contributed by atoms with Crippen molar-refractivity contribution in [3.63, 3.8) is 0 Å². The van der Waals surface area contributed by atoms with Crippen molar-refractivity contribution in [2.24, 2.45) is 0 Å². The van der Waals surface area contributed by atoms with E-state index in [2.05, 4.69) is 15.5 Å². The number of aromatic nitrogens is 3. The number of hydrogen-bond acceptors (Lipinski definition) is 6. The minimum atomic E-state index is -0.168. The summed E-state index contributed by atoms with van der Waals surface area (Å²) in [7, 11) is 0. The molecule has 4 rings (SSSR count). The van der Waals surface area contributed by atoms with Gasteiger partial charge in [-0.25, -0.2) is 0 Å². The average molecular weight is 452 g/mol. The van der Waals surface area contributed by atoms with E-state index in [9.17, 15) is 9.59 Å². The second-order valence-electron chi connectivity index (χ2n) is 7.56. The predicted molar refractivity (Wildman–Crippen MR) is 123 cm³/mol. The van der Waals surface area contributed by atoms with E-state index in [1.54, 1.807) is 30.6 Å². The summed E-state index contributed by atoms with van der Waals surface area (Å²) in [6.45, 7) is 3.63. The van der Waals surface area contributed by atoms with Gasteiger partial charge in [0.25, 0.3) is 5.91 Å². The highest BCUT2D eigenvalue weighted by Gasteiger charge is 2.18. The lowest BCUT2D eigenvalue weighted by Gasteiger charge is -2.15. The van der Waals surface area contributed by atoms with Gasteiger partial charge in [-0.1, -0.05) is 35.5 Å². The number of aryl methyl sites for hydroxylation is 1. The van der Waals surface area contributed by atoms with Crippen LogP contribution in [0.2, 0.25) is 0 Å². The van der Waals surface area contributed by atoms with Gasteiger partial charge in [0.1, 0.15) is 12.1 Å². The molecule has 0 unspecified atom stereocenters. The van der Waals surface area contributed by atoms with Gasteiger partial charge < -0.3 is 15.0 Å². The highest BCUT2D eigenvalue weighted by molar-refractivity contribution is 7.99. The van der Waals surface area contributed by atoms with Crippen LogP contribution in [0.25, 0.3) is 5.69 Å². The highest BCUT2D eigenvalue weighted by atomic mass is 32.2. The molecule has 166 valence electrons. The normalized spacial score (nSPS) is 13.2. The number of hydrogen-bond donors (Lipinski definition) is 1. The van der Waals surface area contributed by atoms with Gasteiger partial charge in [0.2, 0.25) is 5.91 Å². The largest absolute Gasteiger partial charge is 0.484 e. The molecule has 1 N–H and O–H groups in total. The zero-order valence-electron chi connectivity index (χ0n) is 17.9. The maximum absolute atomic E-state index is 12.5. The predicted octanol–water partition coefficient (Wildman–Crippen LogP) is 3.31. The zero-order valence-corrected chi connectivity index (χ0v) is 18.7. The zero-order chi connectivity index (χ0) is 22.3. The second kappa shape index (κ2) is 10.3. The molecule has 32 heavy (non-hydrogen) atoms. The van der Waals surface area contributed by atoms with Crippen molar-refractivity contribution in [3.05, 3.63) is 60.4 Å². The SMILES string of the molecule is Cc1ccc(-n2cnnc2SCC(=O)Nc2cccc(OCC(=O)N3CCCC3)c2)cc1. The molecule has 3 aromatic rings. The first-order chi connectivity index (χ1) is 15.6.